The van der Waals surface area contributed by atoms with Crippen molar-refractivity contribution in [3.8, 4) is 0 Å². The molecule has 2 heterocycles. The van der Waals surface area contributed by atoms with Crippen LogP contribution in [-0.4, -0.2) is 20.9 Å². The predicted octanol–water partition coefficient (Wildman–Crippen LogP) is 3.85. The van der Waals surface area contributed by atoms with Crippen LogP contribution < -0.4 is 10.6 Å². The maximum Gasteiger partial charge on any atom is 0.254 e. The molecule has 1 amide bonds. The van der Waals surface area contributed by atoms with Crippen LogP contribution >= 0.6 is 23.2 Å². The molecule has 8 heteroatoms. The third kappa shape index (κ3) is 4.43. The average molecular weight is 374 g/mol. The SMILES string of the molecule is O=C(NCc1cccnc1)c1cnc(Nc2c(Cl)cccc2Cl)nc1. The zero-order valence-electron chi connectivity index (χ0n) is 12.9. The predicted molar refractivity (Wildman–Crippen MR) is 97.2 cm³/mol. The van der Waals surface area contributed by atoms with Gasteiger partial charge in [0.15, 0.2) is 0 Å². The number of benzene rings is 1. The van der Waals surface area contributed by atoms with E-state index in [1.54, 1.807) is 30.6 Å². The molecule has 0 fully saturated rings. The van der Waals surface area contributed by atoms with Crippen LogP contribution in [0.2, 0.25) is 10.0 Å². The fourth-order valence-electron chi connectivity index (χ4n) is 2.03. The zero-order chi connectivity index (χ0) is 17.6. The maximum absolute atomic E-state index is 12.1. The van der Waals surface area contributed by atoms with Gasteiger partial charge in [-0.25, -0.2) is 9.97 Å². The first-order chi connectivity index (χ1) is 12.1. The van der Waals surface area contributed by atoms with Crippen molar-refractivity contribution in [1.82, 2.24) is 20.3 Å². The van der Waals surface area contributed by atoms with E-state index in [-0.39, 0.29) is 5.91 Å². The van der Waals surface area contributed by atoms with Crippen molar-refractivity contribution in [2.24, 2.45) is 0 Å². The van der Waals surface area contributed by atoms with Crippen LogP contribution in [0, 0.1) is 0 Å². The van der Waals surface area contributed by atoms with Crippen LogP contribution in [0.3, 0.4) is 0 Å². The van der Waals surface area contributed by atoms with Gasteiger partial charge in [0.25, 0.3) is 5.91 Å². The van der Waals surface area contributed by atoms with E-state index in [1.165, 1.54) is 12.4 Å². The number of hydrogen-bond donors (Lipinski definition) is 2. The van der Waals surface area contributed by atoms with Crippen molar-refractivity contribution < 1.29 is 4.79 Å². The number of aromatic nitrogens is 3. The molecule has 0 unspecified atom stereocenters. The number of carbonyl (C=O) groups is 1. The van der Waals surface area contributed by atoms with Crippen molar-refractivity contribution in [2.75, 3.05) is 5.32 Å². The standard InChI is InChI=1S/C17H13Cl2N5O/c18-13-4-1-5-14(19)15(13)24-17-22-9-12(10-23-17)16(25)21-8-11-3-2-6-20-7-11/h1-7,9-10H,8H2,(H,21,25)(H,22,23,24). The molecule has 0 bridgehead atoms. The maximum atomic E-state index is 12.1. The molecular weight excluding hydrogens is 361 g/mol. The number of pyridine rings is 1. The Morgan fingerprint density at radius 3 is 2.36 bits per heavy atom. The van der Waals surface area contributed by atoms with Gasteiger partial charge < -0.3 is 10.6 Å². The molecule has 25 heavy (non-hydrogen) atoms. The number of carbonyl (C=O) groups excluding carboxylic acids is 1. The molecule has 0 saturated carbocycles. The molecule has 3 aromatic rings. The molecule has 2 aromatic heterocycles. The summed E-state index contributed by atoms with van der Waals surface area (Å²) in [6.07, 6.45) is 6.23. The van der Waals surface area contributed by atoms with E-state index >= 15 is 0 Å². The number of amides is 1. The van der Waals surface area contributed by atoms with E-state index in [2.05, 4.69) is 25.6 Å². The summed E-state index contributed by atoms with van der Waals surface area (Å²) in [5.74, 6) is 0.0185. The van der Waals surface area contributed by atoms with Crippen molar-refractivity contribution in [1.29, 1.82) is 0 Å². The van der Waals surface area contributed by atoms with Crippen LogP contribution in [0.4, 0.5) is 11.6 Å². The van der Waals surface area contributed by atoms with Gasteiger partial charge in [0.1, 0.15) is 0 Å². The monoisotopic (exact) mass is 373 g/mol. The Bertz CT molecular complexity index is 852. The molecule has 0 spiro atoms. The minimum atomic E-state index is -0.272. The van der Waals surface area contributed by atoms with Crippen molar-refractivity contribution in [2.45, 2.75) is 6.54 Å². The van der Waals surface area contributed by atoms with Gasteiger partial charge >= 0.3 is 0 Å². The number of para-hydroxylation sites is 1. The second kappa shape index (κ2) is 7.92. The fourth-order valence-corrected chi connectivity index (χ4v) is 2.52. The lowest BCUT2D eigenvalue weighted by Gasteiger charge is -2.09. The van der Waals surface area contributed by atoms with Crippen molar-refractivity contribution >= 4 is 40.7 Å². The van der Waals surface area contributed by atoms with Crippen LogP contribution in [0.25, 0.3) is 0 Å². The third-order valence-corrected chi connectivity index (χ3v) is 3.92. The van der Waals surface area contributed by atoms with Gasteiger partial charge in [-0.3, -0.25) is 9.78 Å². The molecule has 0 aliphatic rings. The van der Waals surface area contributed by atoms with E-state index in [1.807, 2.05) is 12.1 Å². The number of nitrogens with zero attached hydrogens (tertiary/aromatic N) is 3. The highest BCUT2D eigenvalue weighted by atomic mass is 35.5. The Balaban J connectivity index is 1.64. The lowest BCUT2D eigenvalue weighted by Crippen LogP contribution is -2.23. The summed E-state index contributed by atoms with van der Waals surface area (Å²) in [7, 11) is 0. The third-order valence-electron chi connectivity index (χ3n) is 3.29. The molecule has 2 N–H and O–H groups in total. The van der Waals surface area contributed by atoms with Gasteiger partial charge in [-0.1, -0.05) is 35.3 Å². The Hall–Kier alpha value is -2.70. The summed E-state index contributed by atoms with van der Waals surface area (Å²) >= 11 is 12.2. The number of rotatable bonds is 5. The zero-order valence-corrected chi connectivity index (χ0v) is 14.4. The summed E-state index contributed by atoms with van der Waals surface area (Å²) in [6.45, 7) is 0.377. The molecular formula is C17H13Cl2N5O. The summed E-state index contributed by atoms with van der Waals surface area (Å²) in [6, 6.07) is 8.84. The molecule has 1 aromatic carbocycles. The summed E-state index contributed by atoms with van der Waals surface area (Å²) in [5, 5.41) is 6.63. The van der Waals surface area contributed by atoms with Gasteiger partial charge in [-0.05, 0) is 23.8 Å². The molecule has 0 atom stereocenters. The number of halogens is 2. The van der Waals surface area contributed by atoms with Gasteiger partial charge in [0, 0.05) is 31.3 Å². The highest BCUT2D eigenvalue weighted by Crippen LogP contribution is 2.31. The van der Waals surface area contributed by atoms with Crippen molar-refractivity contribution in [3.05, 3.63) is 76.3 Å². The molecule has 0 aliphatic carbocycles. The molecule has 6 nitrogen and oxygen atoms in total. The first-order valence-electron chi connectivity index (χ1n) is 7.33. The smallest absolute Gasteiger partial charge is 0.254 e. The molecule has 3 rings (SSSR count). The van der Waals surface area contributed by atoms with Crippen LogP contribution in [0.15, 0.2) is 55.1 Å². The van der Waals surface area contributed by atoms with Gasteiger partial charge in [-0.2, -0.15) is 0 Å². The molecule has 126 valence electrons. The first-order valence-corrected chi connectivity index (χ1v) is 8.09. The summed E-state index contributed by atoms with van der Waals surface area (Å²) in [4.78, 5) is 24.4. The summed E-state index contributed by atoms with van der Waals surface area (Å²) < 4.78 is 0. The first kappa shape index (κ1) is 17.1. The lowest BCUT2D eigenvalue weighted by molar-refractivity contribution is 0.0950. The second-order valence-corrected chi connectivity index (χ2v) is 5.88. The van der Waals surface area contributed by atoms with Crippen molar-refractivity contribution in [3.63, 3.8) is 0 Å². The Kier molecular flexibility index (Phi) is 5.42. The largest absolute Gasteiger partial charge is 0.348 e. The molecule has 0 radical (unpaired) electrons. The lowest BCUT2D eigenvalue weighted by atomic mass is 10.2. The van der Waals surface area contributed by atoms with E-state index in [0.717, 1.165) is 5.56 Å². The topological polar surface area (TPSA) is 79.8 Å². The average Bonchev–Trinajstić information content (AvgIpc) is 2.64. The minimum Gasteiger partial charge on any atom is -0.348 e. The molecule has 0 aliphatic heterocycles. The highest BCUT2D eigenvalue weighted by molar-refractivity contribution is 6.39. The van der Waals surface area contributed by atoms with E-state index < -0.39 is 0 Å². The van der Waals surface area contributed by atoms with Crippen LogP contribution in [0.1, 0.15) is 15.9 Å². The Labute approximate surface area is 154 Å². The second-order valence-electron chi connectivity index (χ2n) is 5.06. The van der Waals surface area contributed by atoms with E-state index in [4.69, 9.17) is 23.2 Å². The van der Waals surface area contributed by atoms with Gasteiger partial charge in [-0.15, -0.1) is 0 Å². The fraction of sp³-hybridized carbons (Fsp3) is 0.0588. The highest BCUT2D eigenvalue weighted by Gasteiger charge is 2.10. The van der Waals surface area contributed by atoms with E-state index in [0.29, 0.717) is 33.8 Å². The number of anilines is 2. The minimum absolute atomic E-state index is 0.272. The summed E-state index contributed by atoms with van der Waals surface area (Å²) in [5.41, 5.74) is 1.77. The van der Waals surface area contributed by atoms with Crippen LogP contribution in [-0.2, 0) is 6.54 Å². The van der Waals surface area contributed by atoms with Gasteiger partial charge in [0.05, 0.1) is 21.3 Å². The number of nitrogens with one attached hydrogen (secondary N) is 2. The number of hydrogen-bond acceptors (Lipinski definition) is 5. The normalized spacial score (nSPS) is 10.3. The van der Waals surface area contributed by atoms with Gasteiger partial charge in [0.2, 0.25) is 5.95 Å². The molecule has 0 saturated heterocycles. The quantitative estimate of drug-likeness (QED) is 0.709. The van der Waals surface area contributed by atoms with E-state index in [9.17, 15) is 4.79 Å². The van der Waals surface area contributed by atoms with Crippen LogP contribution in [0.5, 0.6) is 0 Å². The Morgan fingerprint density at radius 1 is 1.00 bits per heavy atom. The Morgan fingerprint density at radius 2 is 1.72 bits per heavy atom.